The third kappa shape index (κ3) is 5.38. The molecule has 0 atom stereocenters. The van der Waals surface area contributed by atoms with Crippen molar-refractivity contribution in [3.05, 3.63) is 36.5 Å². The van der Waals surface area contributed by atoms with Gasteiger partial charge < -0.3 is 25.8 Å². The third-order valence-corrected chi connectivity index (χ3v) is 4.38. The van der Waals surface area contributed by atoms with Crippen molar-refractivity contribution < 1.29 is 32.7 Å². The number of hydrogen-bond acceptors (Lipinski definition) is 7. The fourth-order valence-corrected chi connectivity index (χ4v) is 2.99. The lowest BCUT2D eigenvalue weighted by molar-refractivity contribution is -0.115. The summed E-state index contributed by atoms with van der Waals surface area (Å²) in [5, 5.41) is 11.7. The van der Waals surface area contributed by atoms with Crippen LogP contribution in [0.4, 0.5) is 35.3 Å². The first-order valence-corrected chi connectivity index (χ1v) is 9.32. The smallest absolute Gasteiger partial charge is 0.405 e. The van der Waals surface area contributed by atoms with Gasteiger partial charge in [-0.25, -0.2) is 14.8 Å². The minimum absolute atomic E-state index is 0. The van der Waals surface area contributed by atoms with Gasteiger partial charge in [0.1, 0.15) is 24.3 Å². The number of pyridine rings is 1. The summed E-state index contributed by atoms with van der Waals surface area (Å²) in [5.74, 6) is -0.321. The summed E-state index contributed by atoms with van der Waals surface area (Å²) in [5.41, 5.74) is 0.573. The fraction of sp³-hybridized carbons (Fsp3) is 0.278. The van der Waals surface area contributed by atoms with Crippen molar-refractivity contribution in [1.82, 2.24) is 25.1 Å². The Morgan fingerprint density at radius 3 is 2.85 bits per heavy atom. The quantitative estimate of drug-likeness (QED) is 0.492. The van der Waals surface area contributed by atoms with E-state index in [9.17, 15) is 22.8 Å². The molecule has 0 aromatic carbocycles. The summed E-state index contributed by atoms with van der Waals surface area (Å²) >= 11 is 0. The van der Waals surface area contributed by atoms with Crippen molar-refractivity contribution in [2.75, 3.05) is 35.2 Å². The maximum Gasteiger partial charge on any atom is 0.405 e. The molecule has 0 radical (unpaired) electrons. The Hall–Kier alpha value is -4.14. The largest absolute Gasteiger partial charge is 0.444 e. The molecule has 0 unspecified atom stereocenters. The lowest BCUT2D eigenvalue weighted by atomic mass is 10.2. The van der Waals surface area contributed by atoms with Crippen molar-refractivity contribution >= 4 is 29.3 Å². The molecule has 0 spiro atoms. The van der Waals surface area contributed by atoms with Gasteiger partial charge in [-0.1, -0.05) is 0 Å². The van der Waals surface area contributed by atoms with Crippen LogP contribution in [0.15, 0.2) is 35.2 Å². The first-order chi connectivity index (χ1) is 15.2. The average molecular weight is 468 g/mol. The maximum absolute atomic E-state index is 12.7. The second-order valence-electron chi connectivity index (χ2n) is 6.81. The Kier molecular flexibility index (Phi) is 6.52. The van der Waals surface area contributed by atoms with E-state index in [0.29, 0.717) is 24.3 Å². The van der Waals surface area contributed by atoms with Crippen LogP contribution in [0, 0.1) is 0 Å². The van der Waals surface area contributed by atoms with E-state index in [1.165, 1.54) is 27.9 Å². The Bertz CT molecular complexity index is 1160. The van der Waals surface area contributed by atoms with Gasteiger partial charge >= 0.3 is 12.2 Å². The second-order valence-corrected chi connectivity index (χ2v) is 6.81. The zero-order chi connectivity index (χ0) is 22.9. The average Bonchev–Trinajstić information content (AvgIpc) is 3.46. The molecule has 3 aromatic heterocycles. The third-order valence-electron chi connectivity index (χ3n) is 4.38. The van der Waals surface area contributed by atoms with Crippen molar-refractivity contribution in [3.63, 3.8) is 0 Å². The molecule has 0 saturated carbocycles. The van der Waals surface area contributed by atoms with Crippen molar-refractivity contribution in [1.29, 1.82) is 0 Å². The molecule has 12 nitrogen and oxygen atoms in total. The molecule has 1 aliphatic heterocycles. The molecule has 3 amide bonds. The number of aryl methyl sites for hydroxylation is 1. The highest BCUT2D eigenvalue weighted by molar-refractivity contribution is 6.06. The molecule has 1 fully saturated rings. The normalized spacial score (nSPS) is 13.5. The van der Waals surface area contributed by atoms with Gasteiger partial charge in [0, 0.05) is 31.9 Å². The molecule has 176 valence electrons. The molecular weight excluding hydrogens is 449 g/mol. The van der Waals surface area contributed by atoms with E-state index >= 15 is 0 Å². The standard InChI is InChI=1S/C18H17F3N8O3.H2O/c1-28-7-11(14(27-28)29-5-4-23-17(29)31)25-15(30)12-8-32-16(26-12)10-2-3-22-13(6-10)24-9-18(19,20)21;/h2-3,6-8H,4-5,9H2,1H3,(H,22,24)(H,23,31)(H,25,30);1H2. The van der Waals surface area contributed by atoms with Crippen molar-refractivity contribution in [3.8, 4) is 11.5 Å². The van der Waals surface area contributed by atoms with Gasteiger partial charge in [0.2, 0.25) is 5.89 Å². The fourth-order valence-electron chi connectivity index (χ4n) is 2.99. The van der Waals surface area contributed by atoms with Crippen LogP contribution in [0.1, 0.15) is 10.5 Å². The van der Waals surface area contributed by atoms with E-state index in [2.05, 4.69) is 31.0 Å². The number of nitrogens with zero attached hydrogens (tertiary/aromatic N) is 5. The van der Waals surface area contributed by atoms with E-state index in [1.54, 1.807) is 13.2 Å². The van der Waals surface area contributed by atoms with Gasteiger partial charge in [-0.15, -0.1) is 0 Å². The molecular formula is C18H19F3N8O4. The van der Waals surface area contributed by atoms with Gasteiger partial charge in [0.05, 0.1) is 6.20 Å². The molecule has 5 N–H and O–H groups in total. The number of nitrogens with one attached hydrogen (secondary N) is 3. The minimum Gasteiger partial charge on any atom is -0.444 e. The van der Waals surface area contributed by atoms with Crippen LogP contribution in [-0.2, 0) is 7.05 Å². The van der Waals surface area contributed by atoms with E-state index in [-0.39, 0.29) is 34.7 Å². The topological polar surface area (TPSA) is 162 Å². The van der Waals surface area contributed by atoms with E-state index in [1.807, 2.05) is 0 Å². The number of halogens is 3. The van der Waals surface area contributed by atoms with E-state index in [0.717, 1.165) is 6.26 Å². The van der Waals surface area contributed by atoms with Crippen LogP contribution < -0.4 is 20.9 Å². The van der Waals surface area contributed by atoms with Crippen LogP contribution in [0.2, 0.25) is 0 Å². The molecule has 4 rings (SSSR count). The van der Waals surface area contributed by atoms with Crippen LogP contribution in [0.25, 0.3) is 11.5 Å². The van der Waals surface area contributed by atoms with Gasteiger partial charge in [0.25, 0.3) is 5.91 Å². The second kappa shape index (κ2) is 9.15. The molecule has 0 bridgehead atoms. The summed E-state index contributed by atoms with van der Waals surface area (Å²) in [7, 11) is 1.65. The number of hydrogen-bond donors (Lipinski definition) is 3. The van der Waals surface area contributed by atoms with Crippen LogP contribution >= 0.6 is 0 Å². The lowest BCUT2D eigenvalue weighted by Crippen LogP contribution is -2.29. The summed E-state index contributed by atoms with van der Waals surface area (Å²) in [6.07, 6.45) is -0.443. The van der Waals surface area contributed by atoms with Crippen molar-refractivity contribution in [2.24, 2.45) is 7.05 Å². The SMILES string of the molecule is Cn1cc(NC(=O)c2coc(-c3ccnc(NCC(F)(F)F)c3)n2)c(N2CCNC2=O)n1.O. The van der Waals surface area contributed by atoms with Crippen LogP contribution in [0.3, 0.4) is 0 Å². The number of anilines is 3. The first kappa shape index (κ1) is 23.5. The number of amides is 3. The number of carbonyl (C=O) groups is 2. The monoisotopic (exact) mass is 468 g/mol. The highest BCUT2D eigenvalue weighted by Crippen LogP contribution is 2.26. The van der Waals surface area contributed by atoms with Crippen LogP contribution in [-0.4, -0.2) is 63.0 Å². The predicted molar refractivity (Wildman–Crippen MR) is 110 cm³/mol. The molecule has 0 aliphatic carbocycles. The van der Waals surface area contributed by atoms with E-state index < -0.39 is 18.6 Å². The molecule has 4 heterocycles. The number of oxazole rings is 1. The number of rotatable bonds is 6. The van der Waals surface area contributed by atoms with E-state index in [4.69, 9.17) is 4.42 Å². The Balaban J connectivity index is 0.00000306. The summed E-state index contributed by atoms with van der Waals surface area (Å²) in [4.78, 5) is 33.9. The Morgan fingerprint density at radius 2 is 2.15 bits per heavy atom. The number of alkyl halides is 3. The van der Waals surface area contributed by atoms with Gasteiger partial charge in [-0.2, -0.15) is 18.3 Å². The molecule has 15 heteroatoms. The lowest BCUT2D eigenvalue weighted by Gasteiger charge is -2.12. The molecule has 1 saturated heterocycles. The zero-order valence-electron chi connectivity index (χ0n) is 17.1. The van der Waals surface area contributed by atoms with Gasteiger partial charge in [-0.05, 0) is 12.1 Å². The zero-order valence-corrected chi connectivity index (χ0v) is 17.1. The summed E-state index contributed by atoms with van der Waals surface area (Å²) in [6, 6.07) is 2.48. The first-order valence-electron chi connectivity index (χ1n) is 9.32. The predicted octanol–water partition coefficient (Wildman–Crippen LogP) is 1.40. The highest BCUT2D eigenvalue weighted by atomic mass is 19.4. The highest BCUT2D eigenvalue weighted by Gasteiger charge is 2.28. The molecule has 3 aromatic rings. The minimum atomic E-state index is -4.40. The van der Waals surface area contributed by atoms with Gasteiger partial charge in [-0.3, -0.25) is 14.4 Å². The summed E-state index contributed by atoms with van der Waals surface area (Å²) in [6.45, 7) is -0.383. The number of carbonyl (C=O) groups excluding carboxylic acids is 2. The maximum atomic E-state index is 12.7. The number of aromatic nitrogens is 4. The Labute approximate surface area is 184 Å². The van der Waals surface area contributed by atoms with Crippen LogP contribution in [0.5, 0.6) is 0 Å². The summed E-state index contributed by atoms with van der Waals surface area (Å²) < 4.78 is 43.9. The Morgan fingerprint density at radius 1 is 1.36 bits per heavy atom. The van der Waals surface area contributed by atoms with Gasteiger partial charge in [0.15, 0.2) is 11.5 Å². The van der Waals surface area contributed by atoms with Crippen molar-refractivity contribution in [2.45, 2.75) is 6.18 Å². The molecule has 33 heavy (non-hydrogen) atoms. The number of urea groups is 1. The molecule has 1 aliphatic rings.